The van der Waals surface area contributed by atoms with Gasteiger partial charge in [-0.3, -0.25) is 0 Å². The van der Waals surface area contributed by atoms with E-state index in [4.69, 9.17) is 4.42 Å². The third-order valence-electron chi connectivity index (χ3n) is 3.93. The van der Waals surface area contributed by atoms with Crippen molar-refractivity contribution >= 4 is 10.0 Å². The zero-order chi connectivity index (χ0) is 15.3. The summed E-state index contributed by atoms with van der Waals surface area (Å²) in [7, 11) is -3.50. The molecule has 1 aromatic rings. The summed E-state index contributed by atoms with van der Waals surface area (Å²) in [5.74, 6) is 0.752. The van der Waals surface area contributed by atoms with Crippen LogP contribution in [0.2, 0.25) is 0 Å². The first kappa shape index (κ1) is 16.5. The van der Waals surface area contributed by atoms with E-state index in [1.54, 1.807) is 6.07 Å². The van der Waals surface area contributed by atoms with Crippen LogP contribution in [-0.2, 0) is 10.0 Å². The van der Waals surface area contributed by atoms with Gasteiger partial charge in [0.2, 0.25) is 5.09 Å². The molecule has 1 saturated heterocycles. The second-order valence-corrected chi connectivity index (χ2v) is 7.85. The highest BCUT2D eigenvalue weighted by Gasteiger charge is 2.25. The Kier molecular flexibility index (Phi) is 5.84. The molecule has 6 heteroatoms. The first-order valence-electron chi connectivity index (χ1n) is 7.75. The van der Waals surface area contributed by atoms with Crippen molar-refractivity contribution in [3.63, 3.8) is 0 Å². The molecule has 0 bridgehead atoms. The Morgan fingerprint density at radius 1 is 1.38 bits per heavy atom. The van der Waals surface area contributed by atoms with Crippen molar-refractivity contribution < 1.29 is 12.8 Å². The quantitative estimate of drug-likeness (QED) is 0.840. The summed E-state index contributed by atoms with van der Waals surface area (Å²) in [5, 5.41) is 0.00172. The maximum atomic E-state index is 12.1. The fraction of sp³-hybridized carbons (Fsp3) is 0.733. The van der Waals surface area contributed by atoms with E-state index >= 15 is 0 Å². The molecule has 0 unspecified atom stereocenters. The Morgan fingerprint density at radius 3 is 2.67 bits per heavy atom. The monoisotopic (exact) mass is 314 g/mol. The van der Waals surface area contributed by atoms with Gasteiger partial charge in [0.25, 0.3) is 10.0 Å². The molecule has 0 atom stereocenters. The first-order chi connectivity index (χ1) is 9.97. The molecule has 0 aliphatic carbocycles. The Bertz CT molecular complexity index is 503. The molecule has 21 heavy (non-hydrogen) atoms. The summed E-state index contributed by atoms with van der Waals surface area (Å²) in [6, 6.07) is 3.08. The number of likely N-dealkylation sites (tertiary alicyclic amines) is 1. The fourth-order valence-corrected chi connectivity index (χ4v) is 3.92. The van der Waals surface area contributed by atoms with Crippen LogP contribution < -0.4 is 4.72 Å². The van der Waals surface area contributed by atoms with Gasteiger partial charge in [0.15, 0.2) is 0 Å². The average Bonchev–Trinajstić information content (AvgIpc) is 2.95. The highest BCUT2D eigenvalue weighted by Crippen LogP contribution is 2.16. The number of nitrogens with one attached hydrogen (secondary N) is 1. The van der Waals surface area contributed by atoms with E-state index in [9.17, 15) is 8.42 Å². The van der Waals surface area contributed by atoms with Crippen LogP contribution in [0.25, 0.3) is 0 Å². The lowest BCUT2D eigenvalue weighted by Crippen LogP contribution is -2.44. The lowest BCUT2D eigenvalue weighted by Gasteiger charge is -2.32. The highest BCUT2D eigenvalue weighted by molar-refractivity contribution is 7.89. The molecule has 1 N–H and O–H groups in total. The standard InChI is InChI=1S/C15H26N2O3S/c1-13(2)5-3-9-17-10-7-14(8-11-17)16-21(18,19)15-6-4-12-20-15/h4,6,12-14,16H,3,5,7-11H2,1-2H3. The molecule has 2 rings (SSSR count). The molecule has 0 spiro atoms. The van der Waals surface area contributed by atoms with Crippen LogP contribution in [0.3, 0.4) is 0 Å². The SMILES string of the molecule is CC(C)CCCN1CCC(NS(=O)(=O)c2ccco2)CC1. The summed E-state index contributed by atoms with van der Waals surface area (Å²) in [6.45, 7) is 7.54. The average molecular weight is 314 g/mol. The molecular formula is C15H26N2O3S. The Labute approximate surface area is 127 Å². The molecule has 5 nitrogen and oxygen atoms in total. The largest absolute Gasteiger partial charge is 0.452 e. The normalized spacial score (nSPS) is 18.4. The van der Waals surface area contributed by atoms with Crippen molar-refractivity contribution in [3.05, 3.63) is 18.4 Å². The number of sulfonamides is 1. The first-order valence-corrected chi connectivity index (χ1v) is 9.24. The number of hydrogen-bond acceptors (Lipinski definition) is 4. The van der Waals surface area contributed by atoms with Gasteiger partial charge in [-0.05, 0) is 63.4 Å². The summed E-state index contributed by atoms with van der Waals surface area (Å²) in [5.41, 5.74) is 0. The van der Waals surface area contributed by atoms with Crippen LogP contribution in [-0.4, -0.2) is 39.0 Å². The van der Waals surface area contributed by atoms with Crippen molar-refractivity contribution in [3.8, 4) is 0 Å². The van der Waals surface area contributed by atoms with E-state index in [1.165, 1.54) is 25.2 Å². The van der Waals surface area contributed by atoms with Crippen molar-refractivity contribution in [2.45, 2.75) is 50.7 Å². The zero-order valence-corrected chi connectivity index (χ0v) is 13.7. The molecule has 1 aliphatic heterocycles. The van der Waals surface area contributed by atoms with Crippen LogP contribution in [0.5, 0.6) is 0 Å². The van der Waals surface area contributed by atoms with Gasteiger partial charge < -0.3 is 9.32 Å². The Balaban J connectivity index is 1.74. The Morgan fingerprint density at radius 2 is 2.10 bits per heavy atom. The predicted octanol–water partition coefficient (Wildman–Crippen LogP) is 2.46. The predicted molar refractivity (Wildman–Crippen MR) is 82.6 cm³/mol. The van der Waals surface area contributed by atoms with Gasteiger partial charge in [0.1, 0.15) is 0 Å². The molecule has 0 aromatic carbocycles. The third kappa shape index (κ3) is 5.13. The minimum absolute atomic E-state index is 0.00172. The highest BCUT2D eigenvalue weighted by atomic mass is 32.2. The van der Waals surface area contributed by atoms with E-state index in [2.05, 4.69) is 23.5 Å². The topological polar surface area (TPSA) is 62.6 Å². The third-order valence-corrected chi connectivity index (χ3v) is 5.33. The number of hydrogen-bond donors (Lipinski definition) is 1. The van der Waals surface area contributed by atoms with Crippen molar-refractivity contribution in [2.75, 3.05) is 19.6 Å². The van der Waals surface area contributed by atoms with Crippen molar-refractivity contribution in [1.82, 2.24) is 9.62 Å². The van der Waals surface area contributed by atoms with Gasteiger partial charge in [0, 0.05) is 6.04 Å². The lowest BCUT2D eigenvalue weighted by atomic mass is 10.0. The second kappa shape index (κ2) is 7.42. The smallest absolute Gasteiger partial charge is 0.274 e. The lowest BCUT2D eigenvalue weighted by molar-refractivity contribution is 0.201. The van der Waals surface area contributed by atoms with E-state index in [0.29, 0.717) is 0 Å². The van der Waals surface area contributed by atoms with Gasteiger partial charge in [-0.2, -0.15) is 0 Å². The van der Waals surface area contributed by atoms with E-state index in [0.717, 1.165) is 38.4 Å². The summed E-state index contributed by atoms with van der Waals surface area (Å²) in [4.78, 5) is 2.43. The van der Waals surface area contributed by atoms with E-state index in [-0.39, 0.29) is 11.1 Å². The molecule has 2 heterocycles. The van der Waals surface area contributed by atoms with Crippen LogP contribution in [0, 0.1) is 5.92 Å². The van der Waals surface area contributed by atoms with E-state index in [1.807, 2.05) is 0 Å². The second-order valence-electron chi connectivity index (χ2n) is 6.21. The molecule has 0 radical (unpaired) electrons. The summed E-state index contributed by atoms with van der Waals surface area (Å²) < 4.78 is 31.9. The van der Waals surface area contributed by atoms with Crippen LogP contribution in [0.4, 0.5) is 0 Å². The van der Waals surface area contributed by atoms with E-state index < -0.39 is 10.0 Å². The summed E-state index contributed by atoms with van der Waals surface area (Å²) in [6.07, 6.45) is 5.58. The Hall–Kier alpha value is -0.850. The van der Waals surface area contributed by atoms with Gasteiger partial charge in [-0.15, -0.1) is 0 Å². The van der Waals surface area contributed by atoms with Crippen LogP contribution >= 0.6 is 0 Å². The minimum Gasteiger partial charge on any atom is -0.452 e. The molecule has 1 fully saturated rings. The van der Waals surface area contributed by atoms with Gasteiger partial charge in [-0.25, -0.2) is 13.1 Å². The number of piperidine rings is 1. The molecular weight excluding hydrogens is 288 g/mol. The van der Waals surface area contributed by atoms with Gasteiger partial charge in [0.05, 0.1) is 6.26 Å². The van der Waals surface area contributed by atoms with Gasteiger partial charge in [-0.1, -0.05) is 13.8 Å². The molecule has 1 aromatic heterocycles. The minimum atomic E-state index is -3.50. The van der Waals surface area contributed by atoms with Crippen LogP contribution in [0.1, 0.15) is 39.5 Å². The maximum absolute atomic E-state index is 12.1. The van der Waals surface area contributed by atoms with Gasteiger partial charge >= 0.3 is 0 Å². The van der Waals surface area contributed by atoms with Crippen molar-refractivity contribution in [2.24, 2.45) is 5.92 Å². The summed E-state index contributed by atoms with van der Waals surface area (Å²) >= 11 is 0. The fourth-order valence-electron chi connectivity index (χ4n) is 2.69. The van der Waals surface area contributed by atoms with Crippen molar-refractivity contribution in [1.29, 1.82) is 0 Å². The zero-order valence-electron chi connectivity index (χ0n) is 12.9. The number of nitrogens with zero attached hydrogens (tertiary/aromatic N) is 1. The molecule has 0 amide bonds. The maximum Gasteiger partial charge on any atom is 0.274 e. The van der Waals surface area contributed by atoms with Crippen LogP contribution in [0.15, 0.2) is 27.9 Å². The molecule has 0 saturated carbocycles. The molecule has 120 valence electrons. The number of rotatable bonds is 7. The number of furan rings is 1. The molecule has 1 aliphatic rings.